The quantitative estimate of drug-likeness (QED) is 0.833. The van der Waals surface area contributed by atoms with Gasteiger partial charge in [0.15, 0.2) is 0 Å². The lowest BCUT2D eigenvalue weighted by molar-refractivity contribution is -0.121. The Labute approximate surface area is 143 Å². The van der Waals surface area contributed by atoms with E-state index in [4.69, 9.17) is 5.73 Å². The van der Waals surface area contributed by atoms with Crippen molar-refractivity contribution in [2.75, 3.05) is 19.6 Å². The molecular formula is C16H28ClN3OS. The Morgan fingerprint density at radius 2 is 2.23 bits per heavy atom. The van der Waals surface area contributed by atoms with Crippen LogP contribution in [0.1, 0.15) is 41.0 Å². The number of nitrogens with one attached hydrogen (secondary N) is 1. The van der Waals surface area contributed by atoms with E-state index >= 15 is 0 Å². The molecule has 1 unspecified atom stereocenters. The van der Waals surface area contributed by atoms with Gasteiger partial charge in [-0.05, 0) is 44.9 Å². The normalized spacial score (nSPS) is 18.8. The van der Waals surface area contributed by atoms with E-state index in [1.807, 2.05) is 11.3 Å². The fourth-order valence-electron chi connectivity index (χ4n) is 3.01. The Hall–Kier alpha value is -0.620. The molecule has 2 rings (SSSR count). The minimum atomic E-state index is 0. The van der Waals surface area contributed by atoms with E-state index in [2.05, 4.69) is 30.1 Å². The fraction of sp³-hybridized carbons (Fsp3) is 0.688. The number of piperidine rings is 1. The highest BCUT2D eigenvalue weighted by atomic mass is 35.5. The Bertz CT molecular complexity index is 478. The first-order valence-electron chi connectivity index (χ1n) is 7.87. The predicted molar refractivity (Wildman–Crippen MR) is 95.8 cm³/mol. The molecule has 1 fully saturated rings. The molecule has 0 radical (unpaired) electrons. The van der Waals surface area contributed by atoms with Gasteiger partial charge in [0.1, 0.15) is 0 Å². The predicted octanol–water partition coefficient (Wildman–Crippen LogP) is 2.61. The summed E-state index contributed by atoms with van der Waals surface area (Å²) in [7, 11) is 0. The van der Waals surface area contributed by atoms with Crippen molar-refractivity contribution in [1.82, 2.24) is 10.2 Å². The number of aryl methyl sites for hydroxylation is 2. The Kier molecular flexibility index (Phi) is 8.39. The van der Waals surface area contributed by atoms with Crippen LogP contribution in [-0.4, -0.2) is 36.5 Å². The minimum Gasteiger partial charge on any atom is -0.354 e. The van der Waals surface area contributed by atoms with Crippen LogP contribution >= 0.6 is 23.7 Å². The Balaban J connectivity index is 0.00000242. The van der Waals surface area contributed by atoms with Gasteiger partial charge < -0.3 is 11.1 Å². The van der Waals surface area contributed by atoms with Crippen LogP contribution in [-0.2, 0) is 11.3 Å². The monoisotopic (exact) mass is 345 g/mol. The molecule has 1 amide bonds. The zero-order chi connectivity index (χ0) is 15.2. The van der Waals surface area contributed by atoms with Crippen molar-refractivity contribution in [2.24, 2.45) is 5.73 Å². The first-order chi connectivity index (χ1) is 10.1. The highest BCUT2D eigenvalue weighted by molar-refractivity contribution is 7.12. The molecule has 1 aromatic rings. The lowest BCUT2D eigenvalue weighted by atomic mass is 10.0. The number of carbonyl (C=O) groups is 1. The van der Waals surface area contributed by atoms with Crippen molar-refractivity contribution in [2.45, 2.75) is 52.1 Å². The number of carbonyl (C=O) groups excluding carboxylic acids is 1. The summed E-state index contributed by atoms with van der Waals surface area (Å²) in [6, 6.07) is 2.76. The van der Waals surface area contributed by atoms with Crippen molar-refractivity contribution >= 4 is 29.7 Å². The lowest BCUT2D eigenvalue weighted by Gasteiger charge is -2.35. The summed E-state index contributed by atoms with van der Waals surface area (Å²) in [4.78, 5) is 16.9. The van der Waals surface area contributed by atoms with Crippen LogP contribution < -0.4 is 11.1 Å². The molecular weight excluding hydrogens is 318 g/mol. The second kappa shape index (κ2) is 9.50. The molecule has 2 heterocycles. The number of nitrogens with two attached hydrogens (primary N) is 1. The van der Waals surface area contributed by atoms with Gasteiger partial charge in [0.2, 0.25) is 5.91 Å². The van der Waals surface area contributed by atoms with E-state index in [0.29, 0.717) is 19.0 Å². The summed E-state index contributed by atoms with van der Waals surface area (Å²) in [5.74, 6) is 0.0746. The maximum absolute atomic E-state index is 11.6. The summed E-state index contributed by atoms with van der Waals surface area (Å²) in [5.41, 5.74) is 6.86. The highest BCUT2D eigenvalue weighted by Gasteiger charge is 2.23. The van der Waals surface area contributed by atoms with Crippen LogP contribution in [0, 0.1) is 13.8 Å². The minimum absolute atomic E-state index is 0. The third kappa shape index (κ3) is 5.54. The van der Waals surface area contributed by atoms with Crippen molar-refractivity contribution in [1.29, 1.82) is 0 Å². The largest absolute Gasteiger partial charge is 0.354 e. The third-order valence-electron chi connectivity index (χ3n) is 4.17. The Morgan fingerprint density at radius 1 is 1.45 bits per heavy atom. The van der Waals surface area contributed by atoms with Gasteiger partial charge in [-0.3, -0.25) is 9.69 Å². The molecule has 0 aliphatic carbocycles. The average Bonchev–Trinajstić information content (AvgIpc) is 2.76. The van der Waals surface area contributed by atoms with Gasteiger partial charge >= 0.3 is 0 Å². The van der Waals surface area contributed by atoms with Gasteiger partial charge in [0, 0.05) is 41.9 Å². The van der Waals surface area contributed by atoms with Gasteiger partial charge in [-0.15, -0.1) is 23.7 Å². The standard InChI is InChI=1S/C16H27N3OS.ClH/c1-12-9-14(13(2)21-12)11-19-8-4-3-5-15(19)10-18-16(20)6-7-17;/h9,15H,3-8,10-11,17H2,1-2H3,(H,18,20);1H. The lowest BCUT2D eigenvalue weighted by Crippen LogP contribution is -2.46. The summed E-state index contributed by atoms with van der Waals surface area (Å²) in [6.07, 6.45) is 4.12. The van der Waals surface area contributed by atoms with Gasteiger partial charge in [0.25, 0.3) is 0 Å². The fourth-order valence-corrected chi connectivity index (χ4v) is 3.95. The van der Waals surface area contributed by atoms with Gasteiger partial charge in [0.05, 0.1) is 0 Å². The molecule has 0 aromatic carbocycles. The first kappa shape index (κ1) is 19.4. The molecule has 1 aromatic heterocycles. The number of nitrogens with zero attached hydrogens (tertiary/aromatic N) is 1. The van der Waals surface area contributed by atoms with Crippen molar-refractivity contribution in [3.63, 3.8) is 0 Å². The van der Waals surface area contributed by atoms with Crippen LogP contribution in [0.4, 0.5) is 0 Å². The molecule has 3 N–H and O–H groups in total. The maximum atomic E-state index is 11.6. The number of halogens is 1. The van der Waals surface area contributed by atoms with Crippen LogP contribution in [0.25, 0.3) is 0 Å². The molecule has 4 nitrogen and oxygen atoms in total. The zero-order valence-corrected chi connectivity index (χ0v) is 15.2. The Morgan fingerprint density at radius 3 is 2.86 bits per heavy atom. The number of hydrogen-bond acceptors (Lipinski definition) is 4. The van der Waals surface area contributed by atoms with E-state index in [0.717, 1.165) is 19.6 Å². The SMILES string of the molecule is Cc1cc(CN2CCCCC2CNC(=O)CCN)c(C)s1.Cl. The molecule has 1 atom stereocenters. The molecule has 22 heavy (non-hydrogen) atoms. The molecule has 0 saturated carbocycles. The van der Waals surface area contributed by atoms with Crippen LogP contribution in [0.5, 0.6) is 0 Å². The van der Waals surface area contributed by atoms with Gasteiger partial charge in [-0.25, -0.2) is 0 Å². The molecule has 126 valence electrons. The molecule has 0 spiro atoms. The average molecular weight is 346 g/mol. The van der Waals surface area contributed by atoms with E-state index in [9.17, 15) is 4.79 Å². The van der Waals surface area contributed by atoms with Crippen molar-refractivity contribution in [3.8, 4) is 0 Å². The number of thiophene rings is 1. The summed E-state index contributed by atoms with van der Waals surface area (Å²) >= 11 is 1.87. The molecule has 0 bridgehead atoms. The van der Waals surface area contributed by atoms with Gasteiger partial charge in [-0.1, -0.05) is 6.42 Å². The topological polar surface area (TPSA) is 58.4 Å². The van der Waals surface area contributed by atoms with Gasteiger partial charge in [-0.2, -0.15) is 0 Å². The molecule has 1 saturated heterocycles. The summed E-state index contributed by atoms with van der Waals surface area (Å²) in [6.45, 7) is 7.69. The molecule has 1 aliphatic rings. The second-order valence-corrected chi connectivity index (χ2v) is 7.36. The smallest absolute Gasteiger partial charge is 0.221 e. The zero-order valence-electron chi connectivity index (χ0n) is 13.6. The van der Waals surface area contributed by atoms with E-state index < -0.39 is 0 Å². The van der Waals surface area contributed by atoms with Crippen LogP contribution in [0.2, 0.25) is 0 Å². The number of hydrogen-bond donors (Lipinski definition) is 2. The second-order valence-electron chi connectivity index (χ2n) is 5.90. The number of likely N-dealkylation sites (tertiary alicyclic amines) is 1. The third-order valence-corrected chi connectivity index (χ3v) is 5.18. The van der Waals surface area contributed by atoms with E-state index in [1.54, 1.807) is 0 Å². The number of rotatable bonds is 6. The van der Waals surface area contributed by atoms with Crippen LogP contribution in [0.15, 0.2) is 6.07 Å². The number of amides is 1. The van der Waals surface area contributed by atoms with Crippen molar-refractivity contribution in [3.05, 3.63) is 21.4 Å². The maximum Gasteiger partial charge on any atom is 0.221 e. The van der Waals surface area contributed by atoms with Crippen molar-refractivity contribution < 1.29 is 4.79 Å². The summed E-state index contributed by atoms with van der Waals surface area (Å²) in [5, 5.41) is 3.03. The molecule has 1 aliphatic heterocycles. The van der Waals surface area contributed by atoms with Crippen LogP contribution in [0.3, 0.4) is 0 Å². The molecule has 6 heteroatoms. The van der Waals surface area contributed by atoms with E-state index in [1.165, 1.54) is 34.6 Å². The first-order valence-corrected chi connectivity index (χ1v) is 8.68. The highest BCUT2D eigenvalue weighted by Crippen LogP contribution is 2.25. The summed E-state index contributed by atoms with van der Waals surface area (Å²) < 4.78 is 0. The van der Waals surface area contributed by atoms with E-state index in [-0.39, 0.29) is 18.3 Å².